The molecule has 0 radical (unpaired) electrons. The number of hydrogen-bond acceptors (Lipinski definition) is 5. The summed E-state index contributed by atoms with van der Waals surface area (Å²) >= 11 is 1.83. The second kappa shape index (κ2) is 11.7. The number of β-amino-alcohol motifs (C(OH)–C–C–N with tert-alkyl or cyclic N) is 1. The molecule has 2 unspecified atom stereocenters. The normalized spacial score (nSPS) is 17.5. The van der Waals surface area contributed by atoms with Gasteiger partial charge in [-0.15, -0.1) is 11.8 Å². The van der Waals surface area contributed by atoms with Crippen LogP contribution in [-0.4, -0.2) is 58.4 Å². The van der Waals surface area contributed by atoms with Gasteiger partial charge in [-0.05, 0) is 53.3 Å². The van der Waals surface area contributed by atoms with Crippen LogP contribution >= 0.6 is 11.8 Å². The molecule has 0 saturated carbocycles. The number of carbonyl (C=O) groups excluding carboxylic acids is 2. The number of rotatable bonds is 7. The first-order valence-corrected chi connectivity index (χ1v) is 14.7. The molecule has 1 aromatic heterocycles. The Kier molecular flexibility index (Phi) is 7.66. The van der Waals surface area contributed by atoms with Crippen molar-refractivity contribution < 1.29 is 14.7 Å². The lowest BCUT2D eigenvalue weighted by atomic mass is 10.0. The Labute approximate surface area is 237 Å². The van der Waals surface area contributed by atoms with Gasteiger partial charge in [-0.2, -0.15) is 0 Å². The number of nitrogens with zero attached hydrogens (tertiary/aromatic N) is 2. The van der Waals surface area contributed by atoms with E-state index in [9.17, 15) is 14.7 Å². The van der Waals surface area contributed by atoms with Gasteiger partial charge in [0.2, 0.25) is 5.91 Å². The van der Waals surface area contributed by atoms with E-state index in [2.05, 4.69) is 56.9 Å². The number of benzene rings is 3. The van der Waals surface area contributed by atoms with Crippen LogP contribution in [0.1, 0.15) is 30.0 Å². The van der Waals surface area contributed by atoms with E-state index in [0.717, 1.165) is 41.0 Å². The summed E-state index contributed by atoms with van der Waals surface area (Å²) in [5.41, 5.74) is 4.83. The van der Waals surface area contributed by atoms with Gasteiger partial charge in [0.25, 0.3) is 0 Å². The van der Waals surface area contributed by atoms with Gasteiger partial charge in [0, 0.05) is 54.2 Å². The fourth-order valence-corrected chi connectivity index (χ4v) is 6.48. The van der Waals surface area contributed by atoms with Crippen LogP contribution < -0.4 is 15.5 Å². The van der Waals surface area contributed by atoms with E-state index in [1.54, 1.807) is 4.90 Å². The van der Waals surface area contributed by atoms with Crippen molar-refractivity contribution in [2.24, 2.45) is 0 Å². The lowest BCUT2D eigenvalue weighted by molar-refractivity contribution is -0.131. The molecule has 40 heavy (non-hydrogen) atoms. The van der Waals surface area contributed by atoms with Gasteiger partial charge in [-0.3, -0.25) is 4.79 Å². The zero-order valence-corrected chi connectivity index (χ0v) is 23.0. The number of carbonyl (C=O) groups is 2. The smallest absolute Gasteiger partial charge is 0.319 e. The third-order valence-corrected chi connectivity index (χ3v) is 8.62. The summed E-state index contributed by atoms with van der Waals surface area (Å²) in [5, 5.41) is 17.0. The number of fused-ring (bicyclic) bond motifs is 2. The van der Waals surface area contributed by atoms with Crippen molar-refractivity contribution in [1.29, 1.82) is 0 Å². The van der Waals surface area contributed by atoms with Gasteiger partial charge in [-0.25, -0.2) is 4.79 Å². The van der Waals surface area contributed by atoms with Crippen molar-refractivity contribution in [3.63, 3.8) is 0 Å². The van der Waals surface area contributed by atoms with Crippen LogP contribution in [0, 0.1) is 0 Å². The molecule has 2 aliphatic rings. The minimum absolute atomic E-state index is 0.0807. The summed E-state index contributed by atoms with van der Waals surface area (Å²) in [5.74, 6) is 0.924. The van der Waals surface area contributed by atoms with E-state index in [1.165, 1.54) is 10.5 Å². The average Bonchev–Trinajstić information content (AvgIpc) is 3.62. The molecule has 0 spiro atoms. The highest BCUT2D eigenvalue weighted by molar-refractivity contribution is 7.99. The molecule has 1 saturated heterocycles. The summed E-state index contributed by atoms with van der Waals surface area (Å²) in [6.45, 7) is 2.57. The number of hydrogen-bond donors (Lipinski definition) is 4. The van der Waals surface area contributed by atoms with E-state index < -0.39 is 12.1 Å². The standard InChI is InChI=1S/C31H33N5O3S/c37-25-11-13-36(20-25)30(38)18-27(34-31(39)33-24-8-6-22-10-12-32-26(22)17-24)23-7-9-29-28(16-23)35(14-15-40-29)19-21-4-2-1-3-5-21/h1-10,12,16-17,25,27,32,37H,11,13-15,18-20H2,(H2,33,34,39). The van der Waals surface area contributed by atoms with Gasteiger partial charge < -0.3 is 30.5 Å². The number of aromatic nitrogens is 1. The predicted molar refractivity (Wildman–Crippen MR) is 160 cm³/mol. The van der Waals surface area contributed by atoms with Gasteiger partial charge >= 0.3 is 6.03 Å². The fraction of sp³-hybridized carbons (Fsp3) is 0.290. The lowest BCUT2D eigenvalue weighted by Crippen LogP contribution is -2.38. The monoisotopic (exact) mass is 555 g/mol. The number of urea groups is 1. The number of amides is 3. The number of H-pyrrole nitrogens is 1. The summed E-state index contributed by atoms with van der Waals surface area (Å²) < 4.78 is 0. The Balaban J connectivity index is 1.25. The van der Waals surface area contributed by atoms with Crippen LogP contribution in [0.3, 0.4) is 0 Å². The van der Waals surface area contributed by atoms with Crippen LogP contribution in [0.4, 0.5) is 16.2 Å². The molecule has 4 N–H and O–H groups in total. The molecule has 6 rings (SSSR count). The number of anilines is 2. The minimum atomic E-state index is -0.532. The average molecular weight is 556 g/mol. The Morgan fingerprint density at radius 2 is 1.93 bits per heavy atom. The van der Waals surface area contributed by atoms with Crippen LogP contribution in [0.15, 0.2) is 83.9 Å². The SMILES string of the molecule is O=C(Nc1ccc2cc[nH]c2c1)NC(CC(=O)N1CCC(O)C1)c1ccc2c(c1)N(Cc1ccccc1)CCS2. The second-order valence-corrected chi connectivity index (χ2v) is 11.5. The van der Waals surface area contributed by atoms with Crippen molar-refractivity contribution in [3.05, 3.63) is 90.1 Å². The summed E-state index contributed by atoms with van der Waals surface area (Å²) in [6, 6.07) is 23.4. The maximum absolute atomic E-state index is 13.2. The maximum atomic E-state index is 13.2. The highest BCUT2D eigenvalue weighted by Crippen LogP contribution is 2.38. The molecule has 8 nitrogen and oxygen atoms in total. The molecule has 2 atom stereocenters. The van der Waals surface area contributed by atoms with Gasteiger partial charge in [0.05, 0.1) is 24.3 Å². The molecule has 9 heteroatoms. The quantitative estimate of drug-likeness (QED) is 0.254. The Bertz CT molecular complexity index is 1510. The van der Waals surface area contributed by atoms with E-state index in [0.29, 0.717) is 25.2 Å². The topological polar surface area (TPSA) is 101 Å². The molecule has 3 aromatic carbocycles. The van der Waals surface area contributed by atoms with Crippen LogP contribution in [0.2, 0.25) is 0 Å². The van der Waals surface area contributed by atoms with Crippen LogP contribution in [0.25, 0.3) is 10.9 Å². The van der Waals surface area contributed by atoms with Crippen molar-refractivity contribution in [2.45, 2.75) is 36.4 Å². The number of aromatic amines is 1. The summed E-state index contributed by atoms with van der Waals surface area (Å²) in [7, 11) is 0. The number of likely N-dealkylation sites (tertiary alicyclic amines) is 1. The molecule has 1 fully saturated rings. The molecular weight excluding hydrogens is 522 g/mol. The molecule has 206 valence electrons. The zero-order valence-electron chi connectivity index (χ0n) is 22.2. The van der Waals surface area contributed by atoms with E-state index in [-0.39, 0.29) is 18.4 Å². The Morgan fingerprint density at radius 3 is 2.75 bits per heavy atom. The molecule has 0 aliphatic carbocycles. The van der Waals surface area contributed by atoms with E-state index in [1.807, 2.05) is 54.4 Å². The second-order valence-electron chi connectivity index (χ2n) is 10.4. The van der Waals surface area contributed by atoms with Gasteiger partial charge in [0.15, 0.2) is 0 Å². The maximum Gasteiger partial charge on any atom is 0.319 e. The Morgan fingerprint density at radius 1 is 1.05 bits per heavy atom. The highest BCUT2D eigenvalue weighted by Gasteiger charge is 2.29. The number of nitrogens with one attached hydrogen (secondary N) is 3. The number of thioether (sulfide) groups is 1. The van der Waals surface area contributed by atoms with Gasteiger partial charge in [-0.1, -0.05) is 42.5 Å². The lowest BCUT2D eigenvalue weighted by Gasteiger charge is -2.32. The van der Waals surface area contributed by atoms with Crippen molar-refractivity contribution >= 4 is 46.0 Å². The van der Waals surface area contributed by atoms with Crippen LogP contribution in [0.5, 0.6) is 0 Å². The molecular formula is C31H33N5O3S. The molecule has 3 amide bonds. The first-order valence-electron chi connectivity index (χ1n) is 13.7. The highest BCUT2D eigenvalue weighted by atomic mass is 32.2. The van der Waals surface area contributed by atoms with Crippen LogP contribution in [-0.2, 0) is 11.3 Å². The molecule has 4 aromatic rings. The largest absolute Gasteiger partial charge is 0.391 e. The van der Waals surface area contributed by atoms with E-state index in [4.69, 9.17) is 0 Å². The van der Waals surface area contributed by atoms with E-state index >= 15 is 0 Å². The summed E-state index contributed by atoms with van der Waals surface area (Å²) in [6.07, 6.45) is 2.06. The first-order chi connectivity index (χ1) is 19.5. The summed E-state index contributed by atoms with van der Waals surface area (Å²) in [4.78, 5) is 34.9. The van der Waals surface area contributed by atoms with Crippen molar-refractivity contribution in [2.75, 3.05) is 35.6 Å². The Hall–Kier alpha value is -3.95. The third-order valence-electron chi connectivity index (χ3n) is 7.57. The van der Waals surface area contributed by atoms with Crippen molar-refractivity contribution in [3.8, 4) is 0 Å². The van der Waals surface area contributed by atoms with Gasteiger partial charge in [0.1, 0.15) is 0 Å². The zero-order chi connectivity index (χ0) is 27.5. The predicted octanol–water partition coefficient (Wildman–Crippen LogP) is 5.13. The third kappa shape index (κ3) is 5.95. The first kappa shape index (κ1) is 26.3. The molecule has 2 aliphatic heterocycles. The fourth-order valence-electron chi connectivity index (χ4n) is 5.45. The molecule has 0 bridgehead atoms. The molecule has 3 heterocycles. The number of aliphatic hydroxyl groups is 1. The number of aliphatic hydroxyl groups excluding tert-OH is 1. The minimum Gasteiger partial charge on any atom is -0.391 e. The van der Waals surface area contributed by atoms with Crippen molar-refractivity contribution in [1.82, 2.24) is 15.2 Å².